The van der Waals surface area contributed by atoms with Gasteiger partial charge in [0.15, 0.2) is 11.4 Å². The lowest BCUT2D eigenvalue weighted by Gasteiger charge is -2.23. The average Bonchev–Trinajstić information content (AvgIpc) is 3.23. The minimum Gasteiger partial charge on any atom is -0.375 e. The molecule has 1 unspecified atom stereocenters. The first kappa shape index (κ1) is 21.0. The lowest BCUT2D eigenvalue weighted by atomic mass is 9.85. The topological polar surface area (TPSA) is 57.6 Å². The van der Waals surface area contributed by atoms with Crippen molar-refractivity contribution >= 4 is 44.6 Å². The van der Waals surface area contributed by atoms with Crippen LogP contribution in [-0.4, -0.2) is 16.8 Å². The number of benzene rings is 2. The highest BCUT2D eigenvalue weighted by molar-refractivity contribution is 9.10. The predicted molar refractivity (Wildman–Crippen MR) is 123 cm³/mol. The van der Waals surface area contributed by atoms with Gasteiger partial charge in [0.1, 0.15) is 0 Å². The van der Waals surface area contributed by atoms with Crippen molar-refractivity contribution in [1.29, 1.82) is 0 Å². The molecule has 0 radical (unpaired) electrons. The molecule has 1 N–H and O–H groups in total. The van der Waals surface area contributed by atoms with E-state index in [2.05, 4.69) is 15.9 Å². The van der Waals surface area contributed by atoms with Crippen LogP contribution in [0.25, 0.3) is 0 Å². The Morgan fingerprint density at radius 2 is 1.83 bits per heavy atom. The van der Waals surface area contributed by atoms with Gasteiger partial charge >= 0.3 is 0 Å². The van der Waals surface area contributed by atoms with Gasteiger partial charge in [-0.05, 0) is 61.5 Å². The summed E-state index contributed by atoms with van der Waals surface area (Å²) >= 11 is 4.99. The maximum absolute atomic E-state index is 13.4. The molecular weight excluding hydrogens is 462 g/mol. The van der Waals surface area contributed by atoms with Crippen LogP contribution in [-0.2, 0) is 16.9 Å². The van der Waals surface area contributed by atoms with E-state index in [0.29, 0.717) is 23.4 Å². The number of amides is 1. The number of rotatable bonds is 5. The molecule has 3 aromatic rings. The quantitative estimate of drug-likeness (QED) is 0.491. The first-order valence-electron chi connectivity index (χ1n) is 9.68. The molecule has 0 fully saturated rings. The van der Waals surface area contributed by atoms with Gasteiger partial charge in [-0.15, -0.1) is 11.3 Å². The molecule has 154 valence electrons. The molecule has 2 aromatic carbocycles. The molecule has 0 saturated heterocycles. The van der Waals surface area contributed by atoms with E-state index in [-0.39, 0.29) is 12.2 Å². The zero-order valence-electron chi connectivity index (χ0n) is 17.0. The zero-order valence-corrected chi connectivity index (χ0v) is 19.4. The van der Waals surface area contributed by atoms with Crippen LogP contribution in [0.1, 0.15) is 43.9 Å². The third-order valence-electron chi connectivity index (χ3n) is 5.56. The molecule has 4 rings (SSSR count). The fourth-order valence-corrected chi connectivity index (χ4v) is 5.40. The number of fused-ring (bicyclic) bond motifs is 1. The highest BCUT2D eigenvalue weighted by Crippen LogP contribution is 2.45. The summed E-state index contributed by atoms with van der Waals surface area (Å²) in [4.78, 5) is 29.3. The van der Waals surface area contributed by atoms with Crippen molar-refractivity contribution in [1.82, 2.24) is 0 Å². The van der Waals surface area contributed by atoms with Gasteiger partial charge in [0, 0.05) is 20.5 Å². The summed E-state index contributed by atoms with van der Waals surface area (Å²) in [5, 5.41) is 13.5. The first-order chi connectivity index (χ1) is 14.2. The van der Waals surface area contributed by atoms with Gasteiger partial charge in [0.2, 0.25) is 0 Å². The predicted octanol–water partition coefficient (Wildman–Crippen LogP) is 5.44. The van der Waals surface area contributed by atoms with Crippen LogP contribution >= 0.6 is 27.3 Å². The lowest BCUT2D eigenvalue weighted by Crippen LogP contribution is -2.41. The SMILES string of the molecule is Cc1cc(C)c(C(=O)CC2(O)C(=O)N(Cc3cccs3)c3ccc(Br)cc32)c(C)c1. The third kappa shape index (κ3) is 3.53. The smallest absolute Gasteiger partial charge is 0.264 e. The highest BCUT2D eigenvalue weighted by Gasteiger charge is 2.51. The first-order valence-corrected chi connectivity index (χ1v) is 11.4. The Morgan fingerprint density at radius 3 is 2.47 bits per heavy atom. The van der Waals surface area contributed by atoms with Crippen molar-refractivity contribution in [3.63, 3.8) is 0 Å². The molecule has 0 aliphatic carbocycles. The summed E-state index contributed by atoms with van der Waals surface area (Å²) in [6.45, 7) is 6.13. The second-order valence-electron chi connectivity index (χ2n) is 7.87. The Hall–Kier alpha value is -2.28. The van der Waals surface area contributed by atoms with E-state index in [0.717, 1.165) is 26.0 Å². The van der Waals surface area contributed by atoms with Gasteiger partial charge in [0.05, 0.1) is 18.7 Å². The number of carbonyl (C=O) groups is 2. The number of ketones is 1. The molecule has 1 amide bonds. The van der Waals surface area contributed by atoms with Crippen LogP contribution in [0.15, 0.2) is 52.3 Å². The number of aryl methyl sites for hydroxylation is 3. The molecule has 2 heterocycles. The minimum atomic E-state index is -1.89. The Bertz CT molecular complexity index is 1130. The van der Waals surface area contributed by atoms with Crippen molar-refractivity contribution < 1.29 is 14.7 Å². The largest absolute Gasteiger partial charge is 0.375 e. The summed E-state index contributed by atoms with van der Waals surface area (Å²) in [5.41, 5.74) is 2.59. The number of carbonyl (C=O) groups excluding carboxylic acids is 2. The Kier molecular flexibility index (Phi) is 5.43. The van der Waals surface area contributed by atoms with Gasteiger partial charge in [-0.3, -0.25) is 9.59 Å². The minimum absolute atomic E-state index is 0.232. The Balaban J connectivity index is 1.75. The summed E-state index contributed by atoms with van der Waals surface area (Å²) in [6.07, 6.45) is -0.291. The number of thiophene rings is 1. The van der Waals surface area contributed by atoms with E-state index in [1.54, 1.807) is 22.3 Å². The standard InChI is InChI=1S/C24H22BrNO3S/c1-14-9-15(2)22(16(3)10-14)21(27)12-24(29)19-11-17(25)6-7-20(19)26(23(24)28)13-18-5-4-8-30-18/h4-11,29H,12-13H2,1-3H3. The summed E-state index contributed by atoms with van der Waals surface area (Å²) < 4.78 is 0.751. The maximum atomic E-state index is 13.4. The van der Waals surface area contributed by atoms with E-state index in [4.69, 9.17) is 0 Å². The molecular formula is C24H22BrNO3S. The molecule has 0 bridgehead atoms. The molecule has 6 heteroatoms. The van der Waals surface area contributed by atoms with Crippen molar-refractivity contribution in [2.45, 2.75) is 39.3 Å². The van der Waals surface area contributed by atoms with Crippen LogP contribution in [0.2, 0.25) is 0 Å². The van der Waals surface area contributed by atoms with E-state index in [1.807, 2.05) is 62.5 Å². The van der Waals surface area contributed by atoms with Crippen molar-refractivity contribution in [3.05, 3.63) is 85.0 Å². The number of aliphatic hydroxyl groups is 1. The zero-order chi connectivity index (χ0) is 21.6. The third-order valence-corrected chi connectivity index (χ3v) is 6.91. The van der Waals surface area contributed by atoms with E-state index in [9.17, 15) is 14.7 Å². The van der Waals surface area contributed by atoms with E-state index >= 15 is 0 Å². The molecule has 0 saturated carbocycles. The number of hydrogen-bond acceptors (Lipinski definition) is 4. The normalized spacial score (nSPS) is 18.0. The van der Waals surface area contributed by atoms with Crippen LogP contribution in [0.4, 0.5) is 5.69 Å². The summed E-state index contributed by atoms with van der Waals surface area (Å²) in [6, 6.07) is 13.2. The molecule has 1 aliphatic rings. The number of hydrogen-bond donors (Lipinski definition) is 1. The molecule has 0 spiro atoms. The number of nitrogens with zero attached hydrogens (tertiary/aromatic N) is 1. The van der Waals surface area contributed by atoms with E-state index in [1.165, 1.54) is 0 Å². The number of halogens is 1. The molecule has 1 aliphatic heterocycles. The summed E-state index contributed by atoms with van der Waals surface area (Å²) in [5.74, 6) is -0.690. The molecule has 1 aromatic heterocycles. The van der Waals surface area contributed by atoms with Gasteiger partial charge in [-0.2, -0.15) is 0 Å². The maximum Gasteiger partial charge on any atom is 0.264 e. The lowest BCUT2D eigenvalue weighted by molar-refractivity contribution is -0.136. The summed E-state index contributed by atoms with van der Waals surface area (Å²) in [7, 11) is 0. The van der Waals surface area contributed by atoms with Crippen molar-refractivity contribution in [2.75, 3.05) is 4.90 Å². The van der Waals surface area contributed by atoms with Gasteiger partial charge in [0.25, 0.3) is 5.91 Å². The second-order valence-corrected chi connectivity index (χ2v) is 9.81. The number of anilines is 1. The van der Waals surface area contributed by atoms with Gasteiger partial charge < -0.3 is 10.0 Å². The molecule has 1 atom stereocenters. The van der Waals surface area contributed by atoms with Crippen LogP contribution in [0, 0.1) is 20.8 Å². The Morgan fingerprint density at radius 1 is 1.13 bits per heavy atom. The van der Waals surface area contributed by atoms with Crippen molar-refractivity contribution in [3.8, 4) is 0 Å². The molecule has 4 nitrogen and oxygen atoms in total. The van der Waals surface area contributed by atoms with Crippen molar-refractivity contribution in [2.24, 2.45) is 0 Å². The monoisotopic (exact) mass is 483 g/mol. The van der Waals surface area contributed by atoms with E-state index < -0.39 is 11.5 Å². The van der Waals surface area contributed by atoms with Gasteiger partial charge in [-0.25, -0.2) is 0 Å². The molecule has 30 heavy (non-hydrogen) atoms. The van der Waals surface area contributed by atoms with Crippen LogP contribution in [0.5, 0.6) is 0 Å². The Labute approximate surface area is 188 Å². The van der Waals surface area contributed by atoms with Gasteiger partial charge in [-0.1, -0.05) is 39.7 Å². The van der Waals surface area contributed by atoms with Crippen LogP contribution in [0.3, 0.4) is 0 Å². The van der Waals surface area contributed by atoms with Crippen LogP contribution < -0.4 is 4.90 Å². The fraction of sp³-hybridized carbons (Fsp3) is 0.250. The highest BCUT2D eigenvalue weighted by atomic mass is 79.9. The number of Topliss-reactive ketones (excluding diaryl/α,β-unsaturated/α-hetero) is 1. The fourth-order valence-electron chi connectivity index (χ4n) is 4.35. The second kappa shape index (κ2) is 7.76. The average molecular weight is 484 g/mol.